The molecule has 0 bridgehead atoms. The van der Waals surface area contributed by atoms with E-state index in [0.29, 0.717) is 18.8 Å². The van der Waals surface area contributed by atoms with E-state index in [1.807, 2.05) is 19.0 Å². The number of aliphatic hydroxyl groups is 1. The van der Waals surface area contributed by atoms with Crippen LogP contribution in [0.4, 0.5) is 5.82 Å². The smallest absolute Gasteiger partial charge is 0.244 e. The number of β-amino-alcohol motifs (C(OH)–C–C–N with tert-alkyl or cyclic N) is 1. The number of anilines is 1. The molecule has 8 heteroatoms. The Bertz CT molecular complexity index is 574. The summed E-state index contributed by atoms with van der Waals surface area (Å²) in [4.78, 5) is 6.13. The summed E-state index contributed by atoms with van der Waals surface area (Å²) in [5.74, 6) is 0.611. The number of nitrogens with one attached hydrogen (secondary N) is 1. The fraction of sp³-hybridized carbons (Fsp3) is 0.615. The fourth-order valence-electron chi connectivity index (χ4n) is 2.56. The first-order valence-electron chi connectivity index (χ1n) is 6.83. The Morgan fingerprint density at radius 2 is 2.19 bits per heavy atom. The first-order chi connectivity index (χ1) is 9.84. The van der Waals surface area contributed by atoms with Crippen molar-refractivity contribution in [2.24, 2.45) is 0 Å². The van der Waals surface area contributed by atoms with Gasteiger partial charge in [-0.15, -0.1) is 0 Å². The summed E-state index contributed by atoms with van der Waals surface area (Å²) in [6, 6.07) is 2.94. The summed E-state index contributed by atoms with van der Waals surface area (Å²) in [7, 11) is 1.86. The van der Waals surface area contributed by atoms with Crippen molar-refractivity contribution < 1.29 is 13.5 Å². The molecule has 2 rings (SSSR count). The minimum absolute atomic E-state index is 0.134. The predicted octanol–water partition coefficient (Wildman–Crippen LogP) is -0.191. The van der Waals surface area contributed by atoms with Crippen molar-refractivity contribution in [1.82, 2.24) is 14.2 Å². The van der Waals surface area contributed by atoms with Crippen molar-refractivity contribution in [2.45, 2.75) is 23.5 Å². The number of nitrogens with zero attached hydrogens (tertiary/aromatic N) is 3. The molecule has 7 nitrogen and oxygen atoms in total. The Morgan fingerprint density at radius 3 is 2.71 bits per heavy atom. The molecule has 1 fully saturated rings. The van der Waals surface area contributed by atoms with E-state index < -0.39 is 16.1 Å². The Balaban J connectivity index is 2.27. The molecule has 2 heterocycles. The normalized spacial score (nSPS) is 23.7. The molecule has 0 radical (unpaired) electrons. The van der Waals surface area contributed by atoms with Gasteiger partial charge in [-0.05, 0) is 32.6 Å². The summed E-state index contributed by atoms with van der Waals surface area (Å²) in [6.45, 7) is 0.715. The molecule has 0 aromatic carbocycles. The average Bonchev–Trinajstić information content (AvgIpc) is 2.79. The number of aromatic nitrogens is 1. The molecule has 2 atom stereocenters. The second kappa shape index (κ2) is 6.27. The fourth-order valence-corrected chi connectivity index (χ4v) is 4.17. The highest BCUT2D eigenvalue weighted by molar-refractivity contribution is 7.89. The maximum Gasteiger partial charge on any atom is 0.244 e. The molecule has 21 heavy (non-hydrogen) atoms. The first kappa shape index (κ1) is 16.2. The summed E-state index contributed by atoms with van der Waals surface area (Å²) in [5.41, 5.74) is 0. The van der Waals surface area contributed by atoms with Gasteiger partial charge in [0.2, 0.25) is 10.0 Å². The van der Waals surface area contributed by atoms with Crippen LogP contribution < -0.4 is 5.32 Å². The molecule has 1 aromatic rings. The largest absolute Gasteiger partial charge is 0.392 e. The Hall–Kier alpha value is -1.22. The molecule has 1 aromatic heterocycles. The van der Waals surface area contributed by atoms with Gasteiger partial charge in [0.05, 0.1) is 6.10 Å². The van der Waals surface area contributed by atoms with Gasteiger partial charge in [-0.3, -0.25) is 0 Å². The summed E-state index contributed by atoms with van der Waals surface area (Å²) in [5, 5.41) is 12.7. The van der Waals surface area contributed by atoms with E-state index in [1.165, 1.54) is 16.6 Å². The average molecular weight is 314 g/mol. The highest BCUT2D eigenvalue weighted by Gasteiger charge is 2.39. The predicted molar refractivity (Wildman–Crippen MR) is 80.6 cm³/mol. The number of likely N-dealkylation sites (N-methyl/N-ethyl adjacent to an activating group) is 1. The summed E-state index contributed by atoms with van der Waals surface area (Å²) >= 11 is 0. The molecule has 1 saturated heterocycles. The third kappa shape index (κ3) is 3.52. The highest BCUT2D eigenvalue weighted by atomic mass is 32.2. The van der Waals surface area contributed by atoms with Crippen LogP contribution in [0.25, 0.3) is 0 Å². The molecule has 0 spiro atoms. The van der Waals surface area contributed by atoms with Gasteiger partial charge in [-0.2, -0.15) is 4.31 Å². The van der Waals surface area contributed by atoms with Crippen molar-refractivity contribution >= 4 is 15.8 Å². The van der Waals surface area contributed by atoms with Crippen molar-refractivity contribution in [3.63, 3.8) is 0 Å². The molecule has 0 amide bonds. The molecule has 2 unspecified atom stereocenters. The second-order valence-electron chi connectivity index (χ2n) is 5.51. The SMILES string of the molecule is CNc1ccc(S(=O)(=O)N2CC(O)CC2CN(C)C)cn1. The van der Waals surface area contributed by atoms with Crippen LogP contribution in [0.15, 0.2) is 23.2 Å². The maximum absolute atomic E-state index is 12.7. The number of sulfonamides is 1. The van der Waals surface area contributed by atoms with E-state index in [9.17, 15) is 13.5 Å². The van der Waals surface area contributed by atoms with Gasteiger partial charge < -0.3 is 15.3 Å². The van der Waals surface area contributed by atoms with Gasteiger partial charge in [-0.25, -0.2) is 13.4 Å². The lowest BCUT2D eigenvalue weighted by atomic mass is 10.2. The standard InChI is InChI=1S/C13H22N4O3S/c1-14-13-5-4-12(7-15-13)21(19,20)17-9-11(18)6-10(17)8-16(2)3/h4-5,7,10-11,18H,6,8-9H2,1-3H3,(H,14,15). The van der Waals surface area contributed by atoms with E-state index in [2.05, 4.69) is 10.3 Å². The zero-order valence-electron chi connectivity index (χ0n) is 12.5. The van der Waals surface area contributed by atoms with Crippen LogP contribution in [-0.2, 0) is 10.0 Å². The third-order valence-corrected chi connectivity index (χ3v) is 5.42. The number of hydrogen-bond donors (Lipinski definition) is 2. The molecule has 1 aliphatic heterocycles. The zero-order chi connectivity index (χ0) is 15.6. The molecule has 1 aliphatic rings. The number of aliphatic hydroxyl groups excluding tert-OH is 1. The van der Waals surface area contributed by atoms with E-state index in [0.717, 1.165) is 0 Å². The minimum Gasteiger partial charge on any atom is -0.392 e. The van der Waals surface area contributed by atoms with Gasteiger partial charge >= 0.3 is 0 Å². The summed E-state index contributed by atoms with van der Waals surface area (Å²) in [6.07, 6.45) is 1.19. The Kier molecular flexibility index (Phi) is 4.82. The maximum atomic E-state index is 12.7. The highest BCUT2D eigenvalue weighted by Crippen LogP contribution is 2.26. The molecular formula is C13H22N4O3S. The summed E-state index contributed by atoms with van der Waals surface area (Å²) < 4.78 is 26.8. The lowest BCUT2D eigenvalue weighted by molar-refractivity contribution is 0.188. The van der Waals surface area contributed by atoms with Crippen molar-refractivity contribution in [1.29, 1.82) is 0 Å². The monoisotopic (exact) mass is 314 g/mol. The van der Waals surface area contributed by atoms with Gasteiger partial charge in [-0.1, -0.05) is 0 Å². The van der Waals surface area contributed by atoms with Crippen LogP contribution in [0.5, 0.6) is 0 Å². The zero-order valence-corrected chi connectivity index (χ0v) is 13.3. The molecule has 0 aliphatic carbocycles. The van der Waals surface area contributed by atoms with Crippen molar-refractivity contribution in [3.8, 4) is 0 Å². The van der Waals surface area contributed by atoms with Gasteiger partial charge in [0.25, 0.3) is 0 Å². The molecular weight excluding hydrogens is 292 g/mol. The molecule has 118 valence electrons. The number of rotatable bonds is 5. The van der Waals surface area contributed by atoms with Gasteiger partial charge in [0, 0.05) is 32.4 Å². The van der Waals surface area contributed by atoms with E-state index >= 15 is 0 Å². The lowest BCUT2D eigenvalue weighted by Crippen LogP contribution is -2.41. The molecule has 2 N–H and O–H groups in total. The first-order valence-corrected chi connectivity index (χ1v) is 8.27. The van der Waals surface area contributed by atoms with Crippen LogP contribution in [0.1, 0.15) is 6.42 Å². The van der Waals surface area contributed by atoms with Crippen molar-refractivity contribution in [3.05, 3.63) is 18.3 Å². The topological polar surface area (TPSA) is 85.8 Å². The molecule has 0 saturated carbocycles. The van der Waals surface area contributed by atoms with E-state index in [1.54, 1.807) is 13.1 Å². The van der Waals surface area contributed by atoms with Crippen LogP contribution in [0, 0.1) is 0 Å². The van der Waals surface area contributed by atoms with E-state index in [4.69, 9.17) is 0 Å². The Morgan fingerprint density at radius 1 is 1.48 bits per heavy atom. The van der Waals surface area contributed by atoms with Crippen LogP contribution in [-0.4, -0.2) is 74.1 Å². The quantitative estimate of drug-likeness (QED) is 0.783. The van der Waals surface area contributed by atoms with E-state index in [-0.39, 0.29) is 17.5 Å². The number of pyridine rings is 1. The van der Waals surface area contributed by atoms with Gasteiger partial charge in [0.1, 0.15) is 10.7 Å². The number of hydrogen-bond acceptors (Lipinski definition) is 6. The van der Waals surface area contributed by atoms with Crippen LogP contribution in [0.2, 0.25) is 0 Å². The van der Waals surface area contributed by atoms with Crippen LogP contribution in [0.3, 0.4) is 0 Å². The van der Waals surface area contributed by atoms with Gasteiger partial charge in [0.15, 0.2) is 0 Å². The lowest BCUT2D eigenvalue weighted by Gasteiger charge is -2.26. The van der Waals surface area contributed by atoms with Crippen molar-refractivity contribution in [2.75, 3.05) is 39.5 Å². The minimum atomic E-state index is -3.64. The Labute approximate surface area is 125 Å². The second-order valence-corrected chi connectivity index (χ2v) is 7.40. The van der Waals surface area contributed by atoms with Crippen LogP contribution >= 0.6 is 0 Å². The third-order valence-electron chi connectivity index (χ3n) is 3.52.